The maximum atomic E-state index is 13.6. The van der Waals surface area contributed by atoms with Gasteiger partial charge < -0.3 is 15.0 Å². The van der Waals surface area contributed by atoms with Crippen molar-refractivity contribution < 1.29 is 14.3 Å². The van der Waals surface area contributed by atoms with Crippen molar-refractivity contribution in [2.75, 3.05) is 31.8 Å². The minimum absolute atomic E-state index is 0.122. The summed E-state index contributed by atoms with van der Waals surface area (Å²) in [5.41, 5.74) is 0.750. The van der Waals surface area contributed by atoms with E-state index in [2.05, 4.69) is 52.5 Å². The Morgan fingerprint density at radius 2 is 1.78 bits per heavy atom. The number of nitrogens with one attached hydrogen (secondary N) is 1. The van der Waals surface area contributed by atoms with E-state index >= 15 is 0 Å². The summed E-state index contributed by atoms with van der Waals surface area (Å²) in [4.78, 5) is 33.7. The van der Waals surface area contributed by atoms with Gasteiger partial charge in [0.2, 0.25) is 5.91 Å². The molecular formula is C32H50N4O3S2. The SMILES string of the molecule is CN(C(=S)[C@@H](CCC1CCCCC1)NC(=O)[C@@H]1CSCN1C(=O)OC(C)(C)C)C1CCN(Cc2ccccc2)CC1. The Labute approximate surface area is 257 Å². The quantitative estimate of drug-likeness (QED) is 0.345. The molecule has 0 aromatic heterocycles. The highest BCUT2D eigenvalue weighted by Gasteiger charge is 2.39. The van der Waals surface area contributed by atoms with E-state index in [1.807, 2.05) is 20.8 Å². The molecule has 2 atom stereocenters. The monoisotopic (exact) mass is 602 g/mol. The molecule has 41 heavy (non-hydrogen) atoms. The number of nitrogens with zero attached hydrogens (tertiary/aromatic N) is 3. The van der Waals surface area contributed by atoms with Gasteiger partial charge in [-0.15, -0.1) is 11.8 Å². The van der Waals surface area contributed by atoms with E-state index < -0.39 is 17.7 Å². The summed E-state index contributed by atoms with van der Waals surface area (Å²) >= 11 is 7.70. The summed E-state index contributed by atoms with van der Waals surface area (Å²) in [6.07, 6.45) is 10.1. The van der Waals surface area contributed by atoms with E-state index in [1.165, 1.54) is 37.7 Å². The number of hydrogen-bond acceptors (Lipinski definition) is 6. The molecule has 0 bridgehead atoms. The van der Waals surface area contributed by atoms with Crippen LogP contribution in [0.1, 0.15) is 84.1 Å². The Morgan fingerprint density at radius 1 is 1.10 bits per heavy atom. The largest absolute Gasteiger partial charge is 0.444 e. The molecule has 4 rings (SSSR count). The van der Waals surface area contributed by atoms with Gasteiger partial charge in [-0.1, -0.05) is 74.7 Å². The first-order valence-corrected chi connectivity index (χ1v) is 17.1. The molecule has 2 aliphatic heterocycles. The first kappa shape index (κ1) is 32.1. The molecule has 2 amide bonds. The normalized spacial score (nSPS) is 21.9. The molecule has 3 fully saturated rings. The Morgan fingerprint density at radius 3 is 2.44 bits per heavy atom. The van der Waals surface area contributed by atoms with Crippen LogP contribution < -0.4 is 5.32 Å². The molecule has 2 heterocycles. The van der Waals surface area contributed by atoms with Crippen LogP contribution in [-0.4, -0.2) is 87.2 Å². The van der Waals surface area contributed by atoms with Crippen LogP contribution in [0.15, 0.2) is 30.3 Å². The second kappa shape index (κ2) is 15.1. The summed E-state index contributed by atoms with van der Waals surface area (Å²) in [6, 6.07) is 10.3. The van der Waals surface area contributed by atoms with Gasteiger partial charge in [-0.2, -0.15) is 0 Å². The number of thioether (sulfide) groups is 1. The highest BCUT2D eigenvalue weighted by Crippen LogP contribution is 2.29. The molecule has 1 aromatic rings. The van der Waals surface area contributed by atoms with Gasteiger partial charge in [0.05, 0.1) is 11.9 Å². The van der Waals surface area contributed by atoms with Crippen LogP contribution in [0.3, 0.4) is 0 Å². The lowest BCUT2D eigenvalue weighted by molar-refractivity contribution is -0.125. The van der Waals surface area contributed by atoms with Crippen LogP contribution in [0.5, 0.6) is 0 Å². The van der Waals surface area contributed by atoms with Crippen LogP contribution in [0.25, 0.3) is 0 Å². The standard InChI is InChI=1S/C32H50N4O3S2/c1-32(2,3)39-31(38)36-23-41-22-28(36)29(37)33-27(16-15-24-11-7-5-8-12-24)30(40)34(4)26-17-19-35(20-18-26)21-25-13-9-6-10-14-25/h6,9-10,13-14,24,26-28H,5,7-8,11-12,15-23H2,1-4H3,(H,33,37)/t27-,28+/m1/s1. The molecule has 1 aromatic carbocycles. The molecule has 1 N–H and O–H groups in total. The van der Waals surface area contributed by atoms with Gasteiger partial charge in [0.1, 0.15) is 16.6 Å². The van der Waals surface area contributed by atoms with Gasteiger partial charge in [-0.3, -0.25) is 14.6 Å². The molecule has 0 unspecified atom stereocenters. The smallest absolute Gasteiger partial charge is 0.411 e. The van der Waals surface area contributed by atoms with E-state index in [-0.39, 0.29) is 11.9 Å². The summed E-state index contributed by atoms with van der Waals surface area (Å²) in [5, 5.41) is 3.31. The lowest BCUT2D eigenvalue weighted by atomic mass is 9.85. The minimum Gasteiger partial charge on any atom is -0.444 e. The lowest BCUT2D eigenvalue weighted by Crippen LogP contribution is -2.56. The second-order valence-corrected chi connectivity index (χ2v) is 14.5. The predicted octanol–water partition coefficient (Wildman–Crippen LogP) is 6.07. The highest BCUT2D eigenvalue weighted by molar-refractivity contribution is 7.99. The van der Waals surface area contributed by atoms with Crippen molar-refractivity contribution in [3.8, 4) is 0 Å². The molecule has 0 radical (unpaired) electrons. The van der Waals surface area contributed by atoms with Crippen molar-refractivity contribution in [2.24, 2.45) is 5.92 Å². The third kappa shape index (κ3) is 9.58. The maximum Gasteiger partial charge on any atom is 0.411 e. The zero-order chi connectivity index (χ0) is 29.4. The summed E-state index contributed by atoms with van der Waals surface area (Å²) in [6.45, 7) is 8.61. The molecule has 1 saturated carbocycles. The van der Waals surface area contributed by atoms with Gasteiger partial charge in [-0.05, 0) is 57.9 Å². The van der Waals surface area contributed by atoms with Crippen molar-refractivity contribution >= 4 is 41.0 Å². The number of likely N-dealkylation sites (tertiary alicyclic amines) is 1. The number of carbonyl (C=O) groups excluding carboxylic acids is 2. The molecule has 0 spiro atoms. The van der Waals surface area contributed by atoms with Crippen molar-refractivity contribution in [1.82, 2.24) is 20.0 Å². The number of rotatable bonds is 9. The van der Waals surface area contributed by atoms with Crippen molar-refractivity contribution in [1.29, 1.82) is 0 Å². The second-order valence-electron chi connectivity index (χ2n) is 13.1. The minimum atomic E-state index is -0.602. The van der Waals surface area contributed by atoms with E-state index in [0.29, 0.717) is 23.6 Å². The predicted molar refractivity (Wildman–Crippen MR) is 172 cm³/mol. The molecule has 7 nitrogen and oxygen atoms in total. The van der Waals surface area contributed by atoms with Crippen LogP contribution in [-0.2, 0) is 16.1 Å². The van der Waals surface area contributed by atoms with E-state index in [0.717, 1.165) is 50.3 Å². The summed E-state index contributed by atoms with van der Waals surface area (Å²) < 4.78 is 5.60. The Hall–Kier alpha value is -1.84. The zero-order valence-electron chi connectivity index (χ0n) is 25.5. The number of amides is 2. The molecule has 9 heteroatoms. The Bertz CT molecular complexity index is 1000. The number of hydrogen-bond donors (Lipinski definition) is 1. The van der Waals surface area contributed by atoms with Gasteiger partial charge in [0.25, 0.3) is 0 Å². The average Bonchev–Trinajstić information content (AvgIpc) is 3.46. The number of likely N-dealkylation sites (N-methyl/N-ethyl adjacent to an activating group) is 1. The van der Waals surface area contributed by atoms with Crippen molar-refractivity contribution in [3.05, 3.63) is 35.9 Å². The third-order valence-electron chi connectivity index (χ3n) is 8.72. The first-order chi connectivity index (χ1) is 19.6. The fourth-order valence-corrected chi connectivity index (χ4v) is 7.76. The number of thiocarbonyl (C=S) groups is 1. The van der Waals surface area contributed by atoms with E-state index in [4.69, 9.17) is 17.0 Å². The maximum absolute atomic E-state index is 13.6. The van der Waals surface area contributed by atoms with Gasteiger partial charge in [0, 0.05) is 38.5 Å². The van der Waals surface area contributed by atoms with Crippen LogP contribution in [0.4, 0.5) is 4.79 Å². The highest BCUT2D eigenvalue weighted by atomic mass is 32.2. The van der Waals surface area contributed by atoms with Crippen molar-refractivity contribution in [2.45, 2.75) is 109 Å². The fraction of sp³-hybridized carbons (Fsp3) is 0.719. The Kier molecular flexibility index (Phi) is 11.8. The molecule has 2 saturated heterocycles. The summed E-state index contributed by atoms with van der Waals surface area (Å²) in [5.74, 6) is 1.62. The number of ether oxygens (including phenoxy) is 1. The average molecular weight is 603 g/mol. The van der Waals surface area contributed by atoms with Gasteiger partial charge in [0.15, 0.2) is 0 Å². The van der Waals surface area contributed by atoms with Gasteiger partial charge in [-0.25, -0.2) is 4.79 Å². The molecule has 1 aliphatic carbocycles. The molecule has 228 valence electrons. The zero-order valence-corrected chi connectivity index (χ0v) is 27.1. The topological polar surface area (TPSA) is 65.1 Å². The van der Waals surface area contributed by atoms with Crippen LogP contribution in [0.2, 0.25) is 0 Å². The van der Waals surface area contributed by atoms with Gasteiger partial charge >= 0.3 is 6.09 Å². The molecule has 3 aliphatic rings. The van der Waals surface area contributed by atoms with E-state index in [9.17, 15) is 9.59 Å². The number of piperidine rings is 1. The Balaban J connectivity index is 1.37. The number of benzene rings is 1. The van der Waals surface area contributed by atoms with Crippen molar-refractivity contribution in [3.63, 3.8) is 0 Å². The van der Waals surface area contributed by atoms with Crippen LogP contribution >= 0.6 is 24.0 Å². The third-order valence-corrected chi connectivity index (χ3v) is 10.3. The summed E-state index contributed by atoms with van der Waals surface area (Å²) in [7, 11) is 2.11. The molecular weight excluding hydrogens is 553 g/mol. The van der Waals surface area contributed by atoms with Crippen LogP contribution in [0, 0.1) is 5.92 Å². The van der Waals surface area contributed by atoms with E-state index in [1.54, 1.807) is 16.7 Å². The fourth-order valence-electron chi connectivity index (χ4n) is 6.30. The number of carbonyl (C=O) groups is 2. The lowest BCUT2D eigenvalue weighted by Gasteiger charge is -2.40. The first-order valence-electron chi connectivity index (χ1n) is 15.5.